The van der Waals surface area contributed by atoms with Crippen molar-refractivity contribution < 1.29 is 4.79 Å². The van der Waals surface area contributed by atoms with Crippen LogP contribution in [0.5, 0.6) is 0 Å². The fourth-order valence-electron chi connectivity index (χ4n) is 13.6. The molecule has 0 spiro atoms. The van der Waals surface area contributed by atoms with Gasteiger partial charge in [0.15, 0.2) is 5.78 Å². The van der Waals surface area contributed by atoms with E-state index in [9.17, 15) is 4.79 Å². The molecule has 0 amide bonds. The van der Waals surface area contributed by atoms with Crippen LogP contribution in [0.4, 0.5) is 0 Å². The smallest absolute Gasteiger partial charge is 0.162 e. The SMILES string of the molecule is CC(C)CCCC(C)[C@@H]1CCC2[C@H]3CCC4(C)CC5=C(C[C@@]4(C)C3CC[C@]21C)C(=O)CC1C2CCCCC2CCN51. The number of fused-ring (bicyclic) bond motifs is 9. The molecule has 0 N–H and O–H groups in total. The molecule has 1 saturated heterocycles. The van der Waals surface area contributed by atoms with Crippen molar-refractivity contribution in [2.75, 3.05) is 6.54 Å². The Bertz CT molecular complexity index is 1060. The number of carbonyl (C=O) groups is 1. The number of nitrogens with zero attached hydrogens (tertiary/aromatic N) is 1. The second kappa shape index (κ2) is 10.4. The number of Topliss-reactive ketones (excluding diaryl/α,β-unsaturated/α-hetero) is 1. The first kappa shape index (κ1) is 29.0. The molecule has 5 fully saturated rings. The fraction of sp³-hybridized carbons (Fsp3) is 0.923. The number of hydrogen-bond acceptors (Lipinski definition) is 2. The maximum Gasteiger partial charge on any atom is 0.162 e. The van der Waals surface area contributed by atoms with Crippen LogP contribution in [-0.4, -0.2) is 23.3 Å². The Balaban J connectivity index is 1.12. The minimum Gasteiger partial charge on any atom is -0.371 e. The number of hydrogen-bond donors (Lipinski definition) is 0. The zero-order valence-electron chi connectivity index (χ0n) is 27.8. The van der Waals surface area contributed by atoms with Crippen LogP contribution < -0.4 is 0 Å². The normalized spacial score (nSPS) is 48.1. The van der Waals surface area contributed by atoms with Crippen LogP contribution in [0, 0.1) is 63.6 Å². The Hall–Kier alpha value is -0.790. The van der Waals surface area contributed by atoms with Gasteiger partial charge in [0.2, 0.25) is 0 Å². The lowest BCUT2D eigenvalue weighted by Crippen LogP contribution is -2.60. The van der Waals surface area contributed by atoms with Gasteiger partial charge in [-0.15, -0.1) is 0 Å². The van der Waals surface area contributed by atoms with E-state index in [1.807, 2.05) is 0 Å². The Kier molecular flexibility index (Phi) is 7.34. The molecule has 0 aromatic carbocycles. The molecule has 5 aliphatic carbocycles. The summed E-state index contributed by atoms with van der Waals surface area (Å²) in [4.78, 5) is 16.9. The van der Waals surface area contributed by atoms with Crippen molar-refractivity contribution in [2.45, 2.75) is 157 Å². The highest BCUT2D eigenvalue weighted by Crippen LogP contribution is 2.72. The zero-order valence-corrected chi connectivity index (χ0v) is 27.8. The molecule has 11 atom stereocenters. The van der Waals surface area contributed by atoms with E-state index in [-0.39, 0.29) is 0 Å². The second-order valence-corrected chi connectivity index (χ2v) is 18.1. The molecule has 0 bridgehead atoms. The maximum absolute atomic E-state index is 14.0. The summed E-state index contributed by atoms with van der Waals surface area (Å²) < 4.78 is 0. The lowest BCUT2D eigenvalue weighted by Gasteiger charge is -2.66. The Morgan fingerprint density at radius 1 is 0.829 bits per heavy atom. The minimum atomic E-state index is 0.294. The molecule has 7 aliphatic rings. The first-order valence-electron chi connectivity index (χ1n) is 18.6. The lowest BCUT2D eigenvalue weighted by molar-refractivity contribution is -0.149. The van der Waals surface area contributed by atoms with Crippen LogP contribution >= 0.6 is 0 Å². The highest BCUT2D eigenvalue weighted by molar-refractivity contribution is 5.97. The van der Waals surface area contributed by atoms with Gasteiger partial charge < -0.3 is 4.90 Å². The Labute approximate surface area is 253 Å². The molecule has 7 rings (SSSR count). The highest BCUT2D eigenvalue weighted by atomic mass is 16.1. The summed E-state index contributed by atoms with van der Waals surface area (Å²) in [5, 5.41) is 0. The van der Waals surface area contributed by atoms with E-state index in [0.29, 0.717) is 28.1 Å². The molecule has 0 radical (unpaired) electrons. The summed E-state index contributed by atoms with van der Waals surface area (Å²) in [6.45, 7) is 16.7. The molecule has 0 aromatic heterocycles. The van der Waals surface area contributed by atoms with Gasteiger partial charge in [-0.2, -0.15) is 0 Å². The molecule has 2 heteroatoms. The van der Waals surface area contributed by atoms with Gasteiger partial charge in [0.05, 0.1) is 0 Å². The monoisotopic (exact) mass is 561 g/mol. The largest absolute Gasteiger partial charge is 0.371 e. The van der Waals surface area contributed by atoms with Gasteiger partial charge >= 0.3 is 0 Å². The first-order valence-corrected chi connectivity index (χ1v) is 18.6. The second-order valence-electron chi connectivity index (χ2n) is 18.1. The predicted octanol–water partition coefficient (Wildman–Crippen LogP) is 10.2. The van der Waals surface area contributed by atoms with Crippen molar-refractivity contribution in [1.29, 1.82) is 0 Å². The Morgan fingerprint density at radius 2 is 1.63 bits per heavy atom. The van der Waals surface area contributed by atoms with Gasteiger partial charge in [0.25, 0.3) is 0 Å². The summed E-state index contributed by atoms with van der Waals surface area (Å²) in [5.41, 5.74) is 4.06. The zero-order chi connectivity index (χ0) is 28.7. The molecular formula is C39H63NO. The third-order valence-electron chi connectivity index (χ3n) is 16.0. The first-order chi connectivity index (χ1) is 19.6. The molecule has 4 saturated carbocycles. The standard InChI is InChI=1S/C39H63NO/c1-25(2)10-9-11-26(3)31-14-15-32-29-16-19-37(4)24-35-30(23-39(37,6)33(29)17-20-38(31,32)5)36(41)22-34-28-13-8-7-12-27(28)18-21-40(34)35/h25-29,31-34H,7-24H2,1-6H3/t26?,27?,28?,29-,31+,32?,33?,34?,37?,38+,39+/m1/s1. The van der Waals surface area contributed by atoms with Crippen molar-refractivity contribution in [3.8, 4) is 0 Å². The molecular weight excluding hydrogens is 498 g/mol. The number of piperidine rings is 1. The molecule has 2 aliphatic heterocycles. The van der Waals surface area contributed by atoms with E-state index >= 15 is 0 Å². The molecule has 7 unspecified atom stereocenters. The van der Waals surface area contributed by atoms with Crippen LogP contribution in [-0.2, 0) is 4.79 Å². The van der Waals surface area contributed by atoms with Crippen LogP contribution in [0.1, 0.15) is 151 Å². The van der Waals surface area contributed by atoms with Crippen LogP contribution in [0.25, 0.3) is 0 Å². The van der Waals surface area contributed by atoms with Crippen molar-refractivity contribution >= 4 is 5.78 Å². The van der Waals surface area contributed by atoms with Crippen molar-refractivity contribution in [3.05, 3.63) is 11.3 Å². The van der Waals surface area contributed by atoms with Gasteiger partial charge in [-0.3, -0.25) is 4.79 Å². The van der Waals surface area contributed by atoms with E-state index in [0.717, 1.165) is 60.2 Å². The average molecular weight is 562 g/mol. The lowest BCUT2D eigenvalue weighted by atomic mass is 9.40. The fourth-order valence-corrected chi connectivity index (χ4v) is 13.6. The highest BCUT2D eigenvalue weighted by Gasteiger charge is 2.65. The molecule has 41 heavy (non-hydrogen) atoms. The van der Waals surface area contributed by atoms with Gasteiger partial charge in [0.1, 0.15) is 0 Å². The summed E-state index contributed by atoms with van der Waals surface area (Å²) in [7, 11) is 0. The van der Waals surface area contributed by atoms with E-state index in [2.05, 4.69) is 46.4 Å². The van der Waals surface area contributed by atoms with Crippen LogP contribution in [0.15, 0.2) is 11.3 Å². The number of ketones is 1. The van der Waals surface area contributed by atoms with Crippen molar-refractivity contribution in [2.24, 2.45) is 63.6 Å². The van der Waals surface area contributed by atoms with Crippen molar-refractivity contribution in [1.82, 2.24) is 4.90 Å². The van der Waals surface area contributed by atoms with Gasteiger partial charge in [-0.25, -0.2) is 0 Å². The van der Waals surface area contributed by atoms with Gasteiger partial charge in [0, 0.05) is 30.3 Å². The van der Waals surface area contributed by atoms with E-state index < -0.39 is 0 Å². The quantitative estimate of drug-likeness (QED) is 0.333. The van der Waals surface area contributed by atoms with Crippen LogP contribution in [0.2, 0.25) is 0 Å². The van der Waals surface area contributed by atoms with E-state index in [4.69, 9.17) is 0 Å². The third kappa shape index (κ3) is 4.39. The molecule has 230 valence electrons. The van der Waals surface area contributed by atoms with Crippen molar-refractivity contribution in [3.63, 3.8) is 0 Å². The minimum absolute atomic E-state index is 0.294. The average Bonchev–Trinajstić information content (AvgIpc) is 3.30. The third-order valence-corrected chi connectivity index (χ3v) is 16.0. The van der Waals surface area contributed by atoms with Gasteiger partial charge in [-0.05, 0) is 128 Å². The number of carbonyl (C=O) groups excluding carboxylic acids is 1. The summed E-state index contributed by atoms with van der Waals surface area (Å²) in [5.74, 6) is 7.53. The topological polar surface area (TPSA) is 20.3 Å². The van der Waals surface area contributed by atoms with E-state index in [1.54, 1.807) is 5.70 Å². The molecule has 2 heterocycles. The summed E-state index contributed by atoms with van der Waals surface area (Å²) in [6, 6.07) is 0.526. The molecule has 2 nitrogen and oxygen atoms in total. The maximum atomic E-state index is 14.0. The van der Waals surface area contributed by atoms with Crippen LogP contribution in [0.3, 0.4) is 0 Å². The predicted molar refractivity (Wildman–Crippen MR) is 170 cm³/mol. The van der Waals surface area contributed by atoms with E-state index in [1.165, 1.54) is 108 Å². The Morgan fingerprint density at radius 3 is 2.44 bits per heavy atom. The summed E-state index contributed by atoms with van der Waals surface area (Å²) >= 11 is 0. The number of allylic oxidation sites excluding steroid dienone is 2. The summed E-state index contributed by atoms with van der Waals surface area (Å²) in [6.07, 6.45) is 23.0. The number of rotatable bonds is 5. The molecule has 0 aromatic rings. The van der Waals surface area contributed by atoms with Gasteiger partial charge in [-0.1, -0.05) is 80.1 Å².